The van der Waals surface area contributed by atoms with Gasteiger partial charge in [-0.15, -0.1) is 0 Å². The van der Waals surface area contributed by atoms with Gasteiger partial charge in [-0.2, -0.15) is 0 Å². The summed E-state index contributed by atoms with van der Waals surface area (Å²) in [6, 6.07) is -0.278. The van der Waals surface area contributed by atoms with E-state index in [4.69, 9.17) is 5.73 Å². The molecule has 1 saturated heterocycles. The molecule has 0 aromatic carbocycles. The predicted molar refractivity (Wildman–Crippen MR) is 64.9 cm³/mol. The zero-order valence-corrected chi connectivity index (χ0v) is 10.3. The Bertz CT molecular complexity index is 254. The van der Waals surface area contributed by atoms with Crippen molar-refractivity contribution in [3.63, 3.8) is 0 Å². The molecule has 3 atom stereocenters. The number of likely N-dealkylation sites (tertiary alicyclic amines) is 1. The van der Waals surface area contributed by atoms with Gasteiger partial charge in [-0.25, -0.2) is 0 Å². The van der Waals surface area contributed by atoms with E-state index in [2.05, 4.69) is 0 Å². The number of rotatable bonds is 2. The second-order valence-electron chi connectivity index (χ2n) is 5.39. The van der Waals surface area contributed by atoms with Crippen LogP contribution in [0.2, 0.25) is 0 Å². The molecule has 0 aromatic heterocycles. The fraction of sp³-hybridized carbons (Fsp3) is 0.923. The number of amides is 1. The predicted octanol–water partition coefficient (Wildman–Crippen LogP) is 1.76. The Morgan fingerprint density at radius 1 is 1.31 bits per heavy atom. The third-order valence-electron chi connectivity index (χ3n) is 4.36. The highest BCUT2D eigenvalue weighted by atomic mass is 16.2. The van der Waals surface area contributed by atoms with Crippen LogP contribution in [0.1, 0.15) is 45.4 Å². The lowest BCUT2D eigenvalue weighted by molar-refractivity contribution is -0.135. The molecule has 1 aliphatic heterocycles. The highest BCUT2D eigenvalue weighted by Crippen LogP contribution is 2.36. The minimum absolute atomic E-state index is 0.173. The van der Waals surface area contributed by atoms with Crippen molar-refractivity contribution in [1.82, 2.24) is 4.90 Å². The molecule has 2 rings (SSSR count). The second kappa shape index (κ2) is 5.17. The number of nitrogens with two attached hydrogens (primary N) is 1. The van der Waals surface area contributed by atoms with Gasteiger partial charge in [0.25, 0.3) is 0 Å². The summed E-state index contributed by atoms with van der Waals surface area (Å²) in [4.78, 5) is 14.0. The number of nitrogens with zero attached hydrogens (tertiary/aromatic N) is 1. The monoisotopic (exact) mass is 224 g/mol. The van der Waals surface area contributed by atoms with Crippen LogP contribution in [0.4, 0.5) is 0 Å². The highest BCUT2D eigenvalue weighted by molar-refractivity contribution is 5.81. The molecule has 1 amide bonds. The van der Waals surface area contributed by atoms with E-state index in [1.54, 1.807) is 0 Å². The van der Waals surface area contributed by atoms with Crippen molar-refractivity contribution in [2.45, 2.75) is 51.5 Å². The van der Waals surface area contributed by atoms with Crippen LogP contribution in [0.5, 0.6) is 0 Å². The van der Waals surface area contributed by atoms with Crippen LogP contribution in [0.25, 0.3) is 0 Å². The van der Waals surface area contributed by atoms with E-state index in [1.165, 1.54) is 32.1 Å². The van der Waals surface area contributed by atoms with Gasteiger partial charge in [0, 0.05) is 13.1 Å². The minimum Gasteiger partial charge on any atom is -0.341 e. The Balaban J connectivity index is 1.92. The molecule has 0 spiro atoms. The van der Waals surface area contributed by atoms with Crippen LogP contribution >= 0.6 is 0 Å². The molecule has 16 heavy (non-hydrogen) atoms. The fourth-order valence-corrected chi connectivity index (χ4v) is 3.21. The summed E-state index contributed by atoms with van der Waals surface area (Å²) in [5.74, 6) is 1.82. The molecular formula is C13H24N2O. The highest BCUT2D eigenvalue weighted by Gasteiger charge is 2.33. The molecule has 0 radical (unpaired) electrons. The molecule has 2 N–H and O–H groups in total. The Hall–Kier alpha value is -0.570. The zero-order valence-electron chi connectivity index (χ0n) is 10.3. The lowest BCUT2D eigenvalue weighted by atomic mass is 9.75. The molecule has 1 heterocycles. The summed E-state index contributed by atoms with van der Waals surface area (Å²) in [6.45, 7) is 3.89. The summed E-state index contributed by atoms with van der Waals surface area (Å²) < 4.78 is 0. The maximum Gasteiger partial charge on any atom is 0.239 e. The first-order chi connectivity index (χ1) is 7.72. The summed E-state index contributed by atoms with van der Waals surface area (Å²) in [6.07, 6.45) is 7.39. The quantitative estimate of drug-likeness (QED) is 0.777. The van der Waals surface area contributed by atoms with E-state index in [0.717, 1.165) is 31.3 Å². The van der Waals surface area contributed by atoms with E-state index in [-0.39, 0.29) is 11.9 Å². The number of fused-ring (bicyclic) bond motifs is 1. The number of carbonyl (C=O) groups is 1. The van der Waals surface area contributed by atoms with Gasteiger partial charge in [0.2, 0.25) is 5.91 Å². The molecule has 2 aliphatic rings. The average Bonchev–Trinajstić information content (AvgIpc) is 2.36. The first-order valence-electron chi connectivity index (χ1n) is 6.76. The summed E-state index contributed by atoms with van der Waals surface area (Å²) in [5, 5.41) is 0. The number of piperidine rings is 1. The van der Waals surface area contributed by atoms with Crippen molar-refractivity contribution in [1.29, 1.82) is 0 Å². The van der Waals surface area contributed by atoms with Crippen LogP contribution in [-0.4, -0.2) is 29.9 Å². The Morgan fingerprint density at radius 3 is 2.69 bits per heavy atom. The fourth-order valence-electron chi connectivity index (χ4n) is 3.21. The van der Waals surface area contributed by atoms with Crippen molar-refractivity contribution in [3.8, 4) is 0 Å². The van der Waals surface area contributed by atoms with Crippen LogP contribution in [0.15, 0.2) is 0 Å². The van der Waals surface area contributed by atoms with E-state index < -0.39 is 0 Å². The lowest BCUT2D eigenvalue weighted by Crippen LogP contribution is -2.50. The number of carbonyl (C=O) groups excluding carboxylic acids is 1. The van der Waals surface area contributed by atoms with E-state index in [1.807, 2.05) is 11.8 Å². The molecule has 0 aromatic rings. The largest absolute Gasteiger partial charge is 0.341 e. The van der Waals surface area contributed by atoms with Gasteiger partial charge in [-0.3, -0.25) is 4.79 Å². The molecule has 3 nitrogen and oxygen atoms in total. The topological polar surface area (TPSA) is 46.3 Å². The van der Waals surface area contributed by atoms with Gasteiger partial charge in [-0.05, 0) is 31.1 Å². The Morgan fingerprint density at radius 2 is 2.00 bits per heavy atom. The molecule has 2 fully saturated rings. The molecular weight excluding hydrogens is 200 g/mol. The van der Waals surface area contributed by atoms with Crippen LogP contribution < -0.4 is 5.73 Å². The van der Waals surface area contributed by atoms with Crippen LogP contribution in [0.3, 0.4) is 0 Å². The smallest absolute Gasteiger partial charge is 0.239 e. The Kier molecular flexibility index (Phi) is 3.85. The van der Waals surface area contributed by atoms with E-state index in [9.17, 15) is 4.79 Å². The normalized spacial score (nSPS) is 32.0. The average molecular weight is 224 g/mol. The summed E-state index contributed by atoms with van der Waals surface area (Å²) >= 11 is 0. The zero-order chi connectivity index (χ0) is 11.5. The summed E-state index contributed by atoms with van der Waals surface area (Å²) in [7, 11) is 0. The van der Waals surface area contributed by atoms with Gasteiger partial charge in [-0.1, -0.05) is 26.2 Å². The van der Waals surface area contributed by atoms with Crippen molar-refractivity contribution in [3.05, 3.63) is 0 Å². The third kappa shape index (κ3) is 2.40. The summed E-state index contributed by atoms with van der Waals surface area (Å²) in [5.41, 5.74) is 5.82. The van der Waals surface area contributed by atoms with Crippen molar-refractivity contribution >= 4 is 5.91 Å². The van der Waals surface area contributed by atoms with Gasteiger partial charge in [0.05, 0.1) is 6.04 Å². The third-order valence-corrected chi connectivity index (χ3v) is 4.36. The van der Waals surface area contributed by atoms with Crippen LogP contribution in [-0.2, 0) is 4.79 Å². The maximum absolute atomic E-state index is 12.0. The molecule has 1 saturated carbocycles. The lowest BCUT2D eigenvalue weighted by Gasteiger charge is -2.41. The molecule has 92 valence electrons. The second-order valence-corrected chi connectivity index (χ2v) is 5.39. The molecule has 1 aliphatic carbocycles. The van der Waals surface area contributed by atoms with Crippen molar-refractivity contribution < 1.29 is 4.79 Å². The van der Waals surface area contributed by atoms with Gasteiger partial charge in [0.1, 0.15) is 0 Å². The molecule has 2 unspecified atom stereocenters. The van der Waals surface area contributed by atoms with Crippen LogP contribution in [0, 0.1) is 11.8 Å². The van der Waals surface area contributed by atoms with Crippen molar-refractivity contribution in [2.24, 2.45) is 17.6 Å². The number of hydrogen-bond acceptors (Lipinski definition) is 2. The minimum atomic E-state index is -0.278. The van der Waals surface area contributed by atoms with Crippen molar-refractivity contribution in [2.75, 3.05) is 13.1 Å². The molecule has 0 bridgehead atoms. The first kappa shape index (κ1) is 11.9. The van der Waals surface area contributed by atoms with Gasteiger partial charge < -0.3 is 10.6 Å². The standard InChI is InChI=1S/C13H24N2O/c1-2-12(14)13(16)15-8-7-10-5-3-4-6-11(10)9-15/h10-12H,2-9,14H2,1H3/t10?,11?,12-/m0/s1. The van der Waals surface area contributed by atoms with E-state index >= 15 is 0 Å². The SMILES string of the molecule is CC[C@H](N)C(=O)N1CCC2CCCCC2C1. The van der Waals surface area contributed by atoms with Gasteiger partial charge >= 0.3 is 0 Å². The first-order valence-corrected chi connectivity index (χ1v) is 6.76. The maximum atomic E-state index is 12.0. The number of hydrogen-bond donors (Lipinski definition) is 1. The van der Waals surface area contributed by atoms with E-state index in [0.29, 0.717) is 0 Å². The Labute approximate surface area is 98.4 Å². The molecule has 3 heteroatoms. The van der Waals surface area contributed by atoms with Gasteiger partial charge in [0.15, 0.2) is 0 Å².